The Morgan fingerprint density at radius 1 is 1.10 bits per heavy atom. The van der Waals surface area contributed by atoms with Crippen LogP contribution in [0.4, 0.5) is 5.69 Å². The Hall–Kier alpha value is -2.47. The standard InChI is InChI=1S/C18H20N2O/c1-2-16(14-15-6-4-3-5-7-15)20-17-8-10-18(11-9-17)21-13-12-19/h3-11,16,20H,2,13-14H2,1H3. The monoisotopic (exact) mass is 280 g/mol. The van der Waals surface area contributed by atoms with E-state index in [1.54, 1.807) is 0 Å². The summed E-state index contributed by atoms with van der Waals surface area (Å²) in [7, 11) is 0. The van der Waals surface area contributed by atoms with E-state index in [1.807, 2.05) is 36.4 Å². The zero-order valence-corrected chi connectivity index (χ0v) is 12.3. The Bertz CT molecular complexity index is 572. The smallest absolute Gasteiger partial charge is 0.174 e. The molecule has 0 saturated heterocycles. The summed E-state index contributed by atoms with van der Waals surface area (Å²) in [6.07, 6.45) is 2.06. The van der Waals surface area contributed by atoms with E-state index >= 15 is 0 Å². The topological polar surface area (TPSA) is 45.0 Å². The molecule has 21 heavy (non-hydrogen) atoms. The van der Waals surface area contributed by atoms with Gasteiger partial charge in [-0.2, -0.15) is 5.26 Å². The van der Waals surface area contributed by atoms with Gasteiger partial charge in [-0.15, -0.1) is 0 Å². The van der Waals surface area contributed by atoms with Crippen LogP contribution in [-0.2, 0) is 6.42 Å². The van der Waals surface area contributed by atoms with Crippen LogP contribution in [0.1, 0.15) is 18.9 Å². The first-order chi connectivity index (χ1) is 10.3. The highest BCUT2D eigenvalue weighted by Crippen LogP contribution is 2.18. The molecule has 2 rings (SSSR count). The maximum absolute atomic E-state index is 8.49. The van der Waals surface area contributed by atoms with Crippen molar-refractivity contribution in [2.24, 2.45) is 0 Å². The van der Waals surface area contributed by atoms with Gasteiger partial charge in [0.05, 0.1) is 0 Å². The van der Waals surface area contributed by atoms with E-state index < -0.39 is 0 Å². The van der Waals surface area contributed by atoms with Crippen LogP contribution in [0.3, 0.4) is 0 Å². The molecule has 0 aromatic heterocycles. The van der Waals surface area contributed by atoms with Crippen molar-refractivity contribution in [2.75, 3.05) is 11.9 Å². The third-order valence-electron chi connectivity index (χ3n) is 3.35. The van der Waals surface area contributed by atoms with Crippen LogP contribution in [0.15, 0.2) is 54.6 Å². The van der Waals surface area contributed by atoms with Gasteiger partial charge in [0.1, 0.15) is 11.8 Å². The normalized spacial score (nSPS) is 11.4. The predicted molar refractivity (Wildman–Crippen MR) is 85.4 cm³/mol. The molecule has 0 aliphatic heterocycles. The first-order valence-electron chi connectivity index (χ1n) is 7.22. The first-order valence-corrected chi connectivity index (χ1v) is 7.22. The van der Waals surface area contributed by atoms with Crippen molar-refractivity contribution in [1.82, 2.24) is 0 Å². The number of benzene rings is 2. The number of rotatable bonds is 7. The minimum absolute atomic E-state index is 0.0817. The van der Waals surface area contributed by atoms with E-state index in [0.717, 1.165) is 24.3 Å². The Morgan fingerprint density at radius 2 is 1.81 bits per heavy atom. The van der Waals surface area contributed by atoms with Crippen molar-refractivity contribution in [3.05, 3.63) is 60.2 Å². The van der Waals surface area contributed by atoms with E-state index in [0.29, 0.717) is 6.04 Å². The zero-order valence-electron chi connectivity index (χ0n) is 12.3. The Labute approximate surface area is 126 Å². The minimum Gasteiger partial charge on any atom is -0.479 e. The van der Waals surface area contributed by atoms with Crippen molar-refractivity contribution in [3.8, 4) is 11.8 Å². The highest BCUT2D eigenvalue weighted by molar-refractivity contribution is 5.47. The molecule has 0 fully saturated rings. The van der Waals surface area contributed by atoms with Gasteiger partial charge in [0.25, 0.3) is 0 Å². The van der Waals surface area contributed by atoms with Crippen molar-refractivity contribution >= 4 is 5.69 Å². The molecule has 1 atom stereocenters. The summed E-state index contributed by atoms with van der Waals surface area (Å²) >= 11 is 0. The lowest BCUT2D eigenvalue weighted by Crippen LogP contribution is -2.21. The lowest BCUT2D eigenvalue weighted by Gasteiger charge is -2.18. The van der Waals surface area contributed by atoms with Crippen molar-refractivity contribution in [1.29, 1.82) is 5.26 Å². The SMILES string of the molecule is CCC(Cc1ccccc1)Nc1ccc(OCC#N)cc1. The second kappa shape index (κ2) is 7.96. The van der Waals surface area contributed by atoms with Crippen LogP contribution >= 0.6 is 0 Å². The summed E-state index contributed by atoms with van der Waals surface area (Å²) in [5.74, 6) is 0.721. The van der Waals surface area contributed by atoms with Crippen LogP contribution in [-0.4, -0.2) is 12.6 Å². The molecule has 3 heteroatoms. The van der Waals surface area contributed by atoms with E-state index in [2.05, 4.69) is 36.5 Å². The van der Waals surface area contributed by atoms with E-state index in [4.69, 9.17) is 10.00 Å². The summed E-state index contributed by atoms with van der Waals surface area (Å²) in [6, 6.07) is 20.6. The average molecular weight is 280 g/mol. The molecule has 0 aliphatic carbocycles. The van der Waals surface area contributed by atoms with Crippen LogP contribution in [0.5, 0.6) is 5.75 Å². The largest absolute Gasteiger partial charge is 0.479 e. The molecule has 0 aliphatic rings. The second-order valence-corrected chi connectivity index (χ2v) is 4.91. The molecule has 0 spiro atoms. The van der Waals surface area contributed by atoms with E-state index in [9.17, 15) is 0 Å². The molecule has 0 heterocycles. The fourth-order valence-corrected chi connectivity index (χ4v) is 2.19. The van der Waals surface area contributed by atoms with Gasteiger partial charge in [-0.05, 0) is 42.7 Å². The number of nitrogens with zero attached hydrogens (tertiary/aromatic N) is 1. The molecular weight excluding hydrogens is 260 g/mol. The minimum atomic E-state index is 0.0817. The maximum Gasteiger partial charge on any atom is 0.174 e. The summed E-state index contributed by atoms with van der Waals surface area (Å²) in [5.41, 5.74) is 2.41. The van der Waals surface area contributed by atoms with Gasteiger partial charge in [-0.1, -0.05) is 37.3 Å². The number of ether oxygens (including phenoxy) is 1. The van der Waals surface area contributed by atoms with Crippen LogP contribution in [0.25, 0.3) is 0 Å². The molecule has 108 valence electrons. The maximum atomic E-state index is 8.49. The molecule has 0 amide bonds. The first kappa shape index (κ1) is 14.9. The summed E-state index contributed by atoms with van der Waals surface area (Å²) in [6.45, 7) is 2.27. The van der Waals surface area contributed by atoms with Crippen molar-refractivity contribution < 1.29 is 4.74 Å². The fraction of sp³-hybridized carbons (Fsp3) is 0.278. The van der Waals surface area contributed by atoms with Gasteiger partial charge in [0.2, 0.25) is 0 Å². The van der Waals surface area contributed by atoms with Crippen molar-refractivity contribution in [3.63, 3.8) is 0 Å². The Balaban J connectivity index is 1.94. The van der Waals surface area contributed by atoms with Gasteiger partial charge in [0.15, 0.2) is 6.61 Å². The van der Waals surface area contributed by atoms with Gasteiger partial charge in [-0.3, -0.25) is 0 Å². The van der Waals surface area contributed by atoms with Crippen LogP contribution in [0, 0.1) is 11.3 Å². The van der Waals surface area contributed by atoms with Gasteiger partial charge < -0.3 is 10.1 Å². The van der Waals surface area contributed by atoms with Gasteiger partial charge >= 0.3 is 0 Å². The van der Waals surface area contributed by atoms with E-state index in [-0.39, 0.29) is 6.61 Å². The van der Waals surface area contributed by atoms with Crippen LogP contribution < -0.4 is 10.1 Å². The average Bonchev–Trinajstić information content (AvgIpc) is 2.54. The quantitative estimate of drug-likeness (QED) is 0.833. The summed E-state index contributed by atoms with van der Waals surface area (Å²) in [4.78, 5) is 0. The molecule has 3 nitrogen and oxygen atoms in total. The zero-order chi connectivity index (χ0) is 14.9. The van der Waals surface area contributed by atoms with Gasteiger partial charge in [0, 0.05) is 11.7 Å². The van der Waals surface area contributed by atoms with Gasteiger partial charge in [-0.25, -0.2) is 0 Å². The lowest BCUT2D eigenvalue weighted by atomic mass is 10.0. The number of hydrogen-bond acceptors (Lipinski definition) is 3. The molecule has 1 N–H and O–H groups in total. The number of nitrogens with one attached hydrogen (secondary N) is 1. The van der Waals surface area contributed by atoms with E-state index in [1.165, 1.54) is 5.56 Å². The molecule has 0 radical (unpaired) electrons. The Kier molecular flexibility index (Phi) is 5.66. The molecule has 1 unspecified atom stereocenters. The highest BCUT2D eigenvalue weighted by Gasteiger charge is 2.07. The summed E-state index contributed by atoms with van der Waals surface area (Å²) in [5, 5.41) is 12.0. The number of nitriles is 1. The molecule has 0 saturated carbocycles. The number of anilines is 1. The predicted octanol–water partition coefficient (Wildman–Crippen LogP) is 4.02. The second-order valence-electron chi connectivity index (χ2n) is 4.91. The molecule has 2 aromatic rings. The fourth-order valence-electron chi connectivity index (χ4n) is 2.19. The molecule has 2 aromatic carbocycles. The molecule has 0 bridgehead atoms. The third-order valence-corrected chi connectivity index (χ3v) is 3.35. The number of hydrogen-bond donors (Lipinski definition) is 1. The lowest BCUT2D eigenvalue weighted by molar-refractivity contribution is 0.368. The third kappa shape index (κ3) is 4.85. The molecular formula is C18H20N2O. The Morgan fingerprint density at radius 3 is 2.43 bits per heavy atom. The highest BCUT2D eigenvalue weighted by atomic mass is 16.5. The van der Waals surface area contributed by atoms with Crippen molar-refractivity contribution in [2.45, 2.75) is 25.8 Å². The van der Waals surface area contributed by atoms with Crippen LogP contribution in [0.2, 0.25) is 0 Å². The summed E-state index contributed by atoms with van der Waals surface area (Å²) < 4.78 is 5.25.